The zero-order valence-corrected chi connectivity index (χ0v) is 6.91. The van der Waals surface area contributed by atoms with Crippen molar-refractivity contribution in [3.63, 3.8) is 0 Å². The van der Waals surface area contributed by atoms with E-state index in [1.54, 1.807) is 0 Å². The maximum Gasteiger partial charge on any atom is 0.126 e. The van der Waals surface area contributed by atoms with E-state index in [0.717, 1.165) is 10.9 Å². The first-order chi connectivity index (χ1) is 4.43. The molecule has 0 unspecified atom stereocenters. The van der Waals surface area contributed by atoms with Crippen LogP contribution in [0.3, 0.4) is 0 Å². The molecule has 1 aliphatic rings. The monoisotopic (exact) mass is 143 g/mol. The van der Waals surface area contributed by atoms with E-state index >= 15 is 0 Å². The van der Waals surface area contributed by atoms with Crippen molar-refractivity contribution < 1.29 is 0 Å². The molecule has 0 atom stereocenters. The Labute approximate surface area is 60.7 Å². The third-order valence-electron chi connectivity index (χ3n) is 1.68. The van der Waals surface area contributed by atoms with E-state index in [2.05, 4.69) is 19.1 Å². The molecule has 0 saturated carbocycles. The second kappa shape index (κ2) is 3.99. The van der Waals surface area contributed by atoms with Crippen molar-refractivity contribution in [3.8, 4) is 0 Å². The summed E-state index contributed by atoms with van der Waals surface area (Å²) >= 11 is 0. The summed E-state index contributed by atoms with van der Waals surface area (Å²) in [5, 5.41) is 0. The van der Waals surface area contributed by atoms with E-state index in [1.165, 1.54) is 30.1 Å². The maximum absolute atomic E-state index is 2.31. The highest BCUT2D eigenvalue weighted by Gasteiger charge is 2.21. The maximum atomic E-state index is 2.31. The minimum atomic E-state index is 0.786. The Kier molecular flexibility index (Phi) is 3.20. The van der Waals surface area contributed by atoms with Crippen molar-refractivity contribution in [2.75, 3.05) is 17.3 Å². The first kappa shape index (κ1) is 7.20. The molecule has 0 aromatic heterocycles. The first-order valence-corrected chi connectivity index (χ1v) is 5.42. The second-order valence-electron chi connectivity index (χ2n) is 2.46. The third-order valence-corrected chi connectivity index (χ3v) is 4.08. The molecule has 0 radical (unpaired) electrons. The van der Waals surface area contributed by atoms with Crippen LogP contribution in [-0.2, 0) is 10.9 Å². The quantitative estimate of drug-likeness (QED) is 0.409. The smallest absolute Gasteiger partial charge is 0.0870 e. The van der Waals surface area contributed by atoms with Crippen LogP contribution in [-0.4, -0.2) is 17.3 Å². The fourth-order valence-corrected chi connectivity index (χ4v) is 3.34. The van der Waals surface area contributed by atoms with E-state index in [0.29, 0.717) is 0 Å². The van der Waals surface area contributed by atoms with Gasteiger partial charge in [0.25, 0.3) is 0 Å². The number of hydrogen-bond donors (Lipinski definition) is 0. The van der Waals surface area contributed by atoms with Gasteiger partial charge < -0.3 is 0 Å². The lowest BCUT2D eigenvalue weighted by atomic mass is 10.4. The summed E-state index contributed by atoms with van der Waals surface area (Å²) in [7, 11) is 0.786. The normalized spacial score (nSPS) is 21.9. The summed E-state index contributed by atoms with van der Waals surface area (Å²) in [5.41, 5.74) is 0. The molecule has 0 aromatic carbocycles. The molecule has 1 aliphatic heterocycles. The Balaban J connectivity index is 2.11. The molecule has 9 heavy (non-hydrogen) atoms. The molecule has 0 nitrogen and oxygen atoms in total. The summed E-state index contributed by atoms with van der Waals surface area (Å²) in [6, 6.07) is 0. The third kappa shape index (κ3) is 2.44. The van der Waals surface area contributed by atoms with Crippen LogP contribution in [0.15, 0.2) is 12.2 Å². The van der Waals surface area contributed by atoms with Crippen LogP contribution in [0.5, 0.6) is 0 Å². The summed E-state index contributed by atoms with van der Waals surface area (Å²) in [5.74, 6) is 4.37. The van der Waals surface area contributed by atoms with Crippen molar-refractivity contribution >= 4 is 10.9 Å². The van der Waals surface area contributed by atoms with Gasteiger partial charge in [-0.05, 0) is 36.7 Å². The van der Waals surface area contributed by atoms with E-state index < -0.39 is 0 Å². The van der Waals surface area contributed by atoms with Gasteiger partial charge in [-0.1, -0.05) is 6.08 Å². The molecule has 1 saturated heterocycles. The lowest BCUT2D eigenvalue weighted by molar-refractivity contribution is 0.949. The van der Waals surface area contributed by atoms with E-state index in [-0.39, 0.29) is 0 Å². The lowest BCUT2D eigenvalue weighted by Gasteiger charge is -1.92. The molecule has 1 rings (SSSR count). The van der Waals surface area contributed by atoms with Crippen LogP contribution >= 0.6 is 0 Å². The molecule has 1 fully saturated rings. The molecule has 0 aromatic rings. The molecule has 0 amide bonds. The standard InChI is InChI=1S/C8H15S/c1-2-3-6-9-7-4-5-8-9/h2-3H,4-8H2,1H3/q+1/b3-2+. The number of allylic oxidation sites excluding steroid dienone is 1. The van der Waals surface area contributed by atoms with Crippen molar-refractivity contribution in [2.45, 2.75) is 19.8 Å². The summed E-state index contributed by atoms with van der Waals surface area (Å²) in [6.07, 6.45) is 7.46. The average molecular weight is 143 g/mol. The summed E-state index contributed by atoms with van der Waals surface area (Å²) in [6.45, 7) is 2.11. The van der Waals surface area contributed by atoms with Gasteiger partial charge in [0.05, 0.1) is 0 Å². The molecule has 1 heterocycles. The molecular weight excluding hydrogens is 128 g/mol. The molecule has 0 aliphatic carbocycles. The van der Waals surface area contributed by atoms with Gasteiger partial charge in [-0.25, -0.2) is 0 Å². The highest BCUT2D eigenvalue weighted by atomic mass is 32.2. The Morgan fingerprint density at radius 1 is 1.33 bits per heavy atom. The molecule has 0 bridgehead atoms. The van der Waals surface area contributed by atoms with Gasteiger partial charge in [0.1, 0.15) is 17.3 Å². The Morgan fingerprint density at radius 2 is 2.00 bits per heavy atom. The van der Waals surface area contributed by atoms with E-state index in [1.807, 2.05) is 0 Å². The van der Waals surface area contributed by atoms with Crippen LogP contribution in [0, 0.1) is 0 Å². The Bertz CT molecular complexity index is 90.7. The molecule has 0 spiro atoms. The van der Waals surface area contributed by atoms with Gasteiger partial charge in [-0.2, -0.15) is 0 Å². The topological polar surface area (TPSA) is 0 Å². The molecule has 52 valence electrons. The van der Waals surface area contributed by atoms with Gasteiger partial charge in [0.2, 0.25) is 0 Å². The van der Waals surface area contributed by atoms with Crippen LogP contribution in [0.2, 0.25) is 0 Å². The van der Waals surface area contributed by atoms with Gasteiger partial charge in [-0.3, -0.25) is 0 Å². The van der Waals surface area contributed by atoms with Crippen molar-refractivity contribution in [3.05, 3.63) is 12.2 Å². The predicted molar refractivity (Wildman–Crippen MR) is 46.0 cm³/mol. The fraction of sp³-hybridized carbons (Fsp3) is 0.750. The largest absolute Gasteiger partial charge is 0.126 e. The first-order valence-electron chi connectivity index (χ1n) is 3.68. The second-order valence-corrected chi connectivity index (χ2v) is 4.84. The minimum absolute atomic E-state index is 0.786. The lowest BCUT2D eigenvalue weighted by Crippen LogP contribution is -2.05. The van der Waals surface area contributed by atoms with E-state index in [9.17, 15) is 0 Å². The molecule has 1 heteroatoms. The highest BCUT2D eigenvalue weighted by molar-refractivity contribution is 7.97. The van der Waals surface area contributed by atoms with E-state index in [4.69, 9.17) is 0 Å². The summed E-state index contributed by atoms with van der Waals surface area (Å²) in [4.78, 5) is 0. The van der Waals surface area contributed by atoms with Crippen molar-refractivity contribution in [1.29, 1.82) is 0 Å². The van der Waals surface area contributed by atoms with Gasteiger partial charge >= 0.3 is 0 Å². The van der Waals surface area contributed by atoms with Crippen molar-refractivity contribution in [2.24, 2.45) is 0 Å². The van der Waals surface area contributed by atoms with Crippen molar-refractivity contribution in [1.82, 2.24) is 0 Å². The average Bonchev–Trinajstić information content (AvgIpc) is 2.34. The summed E-state index contributed by atoms with van der Waals surface area (Å²) < 4.78 is 0. The SMILES string of the molecule is C/C=C/C[S+]1CCCC1. The Hall–Kier alpha value is 0.0900. The van der Waals surface area contributed by atoms with Crippen LogP contribution in [0.1, 0.15) is 19.8 Å². The van der Waals surface area contributed by atoms with Gasteiger partial charge in [0.15, 0.2) is 0 Å². The molecular formula is C8H15S+. The molecule has 0 N–H and O–H groups in total. The zero-order chi connectivity index (χ0) is 6.53. The van der Waals surface area contributed by atoms with Crippen LogP contribution < -0.4 is 0 Å². The van der Waals surface area contributed by atoms with Crippen LogP contribution in [0.25, 0.3) is 0 Å². The van der Waals surface area contributed by atoms with Gasteiger partial charge in [-0.15, -0.1) is 0 Å². The zero-order valence-electron chi connectivity index (χ0n) is 6.10. The number of rotatable bonds is 2. The Morgan fingerprint density at radius 3 is 2.56 bits per heavy atom. The number of hydrogen-bond acceptors (Lipinski definition) is 0. The minimum Gasteiger partial charge on any atom is -0.0870 e. The highest BCUT2D eigenvalue weighted by Crippen LogP contribution is 2.12. The predicted octanol–water partition coefficient (Wildman–Crippen LogP) is 1.97. The van der Waals surface area contributed by atoms with Gasteiger partial charge in [0, 0.05) is 0 Å². The fourth-order valence-electron chi connectivity index (χ4n) is 1.11. The van der Waals surface area contributed by atoms with Crippen LogP contribution in [0.4, 0.5) is 0 Å².